The van der Waals surface area contributed by atoms with E-state index in [9.17, 15) is 0 Å². The fourth-order valence-corrected chi connectivity index (χ4v) is 0.745. The van der Waals surface area contributed by atoms with Gasteiger partial charge in [0.2, 0.25) is 0 Å². The molecule has 0 N–H and O–H groups in total. The van der Waals surface area contributed by atoms with Gasteiger partial charge in [0.1, 0.15) is 0 Å². The summed E-state index contributed by atoms with van der Waals surface area (Å²) in [5.41, 5.74) is 0. The van der Waals surface area contributed by atoms with E-state index in [1.165, 1.54) is 3.71 Å². The molecule has 6 heteroatoms. The Labute approximate surface area is 90.8 Å². The van der Waals surface area contributed by atoms with Crippen molar-refractivity contribution in [3.63, 3.8) is 0 Å². The van der Waals surface area contributed by atoms with Gasteiger partial charge in [-0.2, -0.15) is 3.71 Å². The van der Waals surface area contributed by atoms with Crippen LogP contribution in [-0.2, 0) is 0 Å². The third-order valence-electron chi connectivity index (χ3n) is 0.928. The highest BCUT2D eigenvalue weighted by atomic mass is 35.5. The molecule has 0 aliphatic rings. The molecule has 0 unspecified atom stereocenters. The van der Waals surface area contributed by atoms with E-state index >= 15 is 0 Å². The molecule has 0 aromatic rings. The molecule has 0 bridgehead atoms. The van der Waals surface area contributed by atoms with E-state index in [0.717, 1.165) is 26.1 Å². The normalized spacial score (nSPS) is 8.67. The maximum atomic E-state index is 3.95. The summed E-state index contributed by atoms with van der Waals surface area (Å²) in [4.78, 5) is 7.74. The van der Waals surface area contributed by atoms with Crippen LogP contribution in [0.5, 0.6) is 0 Å². The minimum atomic E-state index is 0. The lowest BCUT2D eigenvalue weighted by atomic mass is 10.4. The fourth-order valence-electron chi connectivity index (χ4n) is 0.462. The summed E-state index contributed by atoms with van der Waals surface area (Å²) in [6.45, 7) is 4.24. The largest absolute Gasteiger partial charge is 0.226 e. The second kappa shape index (κ2) is 11.3. The number of rotatable bonds is 5. The van der Waals surface area contributed by atoms with Crippen molar-refractivity contribution >= 4 is 44.0 Å². The fraction of sp³-hybridized carbons (Fsp3) is 0.833. The van der Waals surface area contributed by atoms with Gasteiger partial charge in [-0.15, -0.1) is 12.4 Å². The zero-order chi connectivity index (χ0) is 8.53. The van der Waals surface area contributed by atoms with Gasteiger partial charge >= 0.3 is 0 Å². The van der Waals surface area contributed by atoms with Crippen LogP contribution < -0.4 is 0 Å². The van der Waals surface area contributed by atoms with E-state index in [2.05, 4.69) is 41.6 Å². The van der Waals surface area contributed by atoms with Crippen LogP contribution in [-0.4, -0.2) is 29.4 Å². The highest BCUT2D eigenvalue weighted by molar-refractivity contribution is 7.93. The molecule has 0 saturated carbocycles. The molecule has 0 amide bonds. The molecule has 0 spiro atoms. The standard InChI is InChI=1S/C6H13N3S2.ClH/c1-2-7-6-8-4-3-5-9(10)11;/h10-11H,2-5H2,1H3;1H. The highest BCUT2D eigenvalue weighted by Gasteiger charge is 1.88. The average molecular weight is 228 g/mol. The van der Waals surface area contributed by atoms with Crippen LogP contribution in [0.2, 0.25) is 0 Å². The predicted octanol–water partition coefficient (Wildman–Crippen LogP) is 1.98. The van der Waals surface area contributed by atoms with Gasteiger partial charge in [0.15, 0.2) is 0 Å². The second-order valence-corrected chi connectivity index (χ2v) is 3.19. The van der Waals surface area contributed by atoms with Gasteiger partial charge in [0.25, 0.3) is 0 Å². The Morgan fingerprint density at radius 3 is 2.50 bits per heavy atom. The average Bonchev–Trinajstić information content (AvgIpc) is 1.96. The first-order chi connectivity index (χ1) is 5.27. The van der Waals surface area contributed by atoms with Crippen molar-refractivity contribution in [3.05, 3.63) is 0 Å². The van der Waals surface area contributed by atoms with Crippen molar-refractivity contribution in [2.24, 2.45) is 9.98 Å². The van der Waals surface area contributed by atoms with E-state index in [1.807, 2.05) is 6.92 Å². The van der Waals surface area contributed by atoms with Gasteiger partial charge in [-0.3, -0.25) is 0 Å². The molecular formula is C6H14ClN3S2. The summed E-state index contributed by atoms with van der Waals surface area (Å²) < 4.78 is 1.53. The molecule has 0 saturated heterocycles. The van der Waals surface area contributed by atoms with Gasteiger partial charge in [-0.05, 0) is 13.3 Å². The van der Waals surface area contributed by atoms with Crippen molar-refractivity contribution in [2.75, 3.05) is 19.6 Å². The van der Waals surface area contributed by atoms with Gasteiger partial charge < -0.3 is 0 Å². The minimum Gasteiger partial charge on any atom is -0.226 e. The topological polar surface area (TPSA) is 28.0 Å². The van der Waals surface area contributed by atoms with Crippen LogP contribution in [0.4, 0.5) is 0 Å². The first-order valence-corrected chi connectivity index (χ1v) is 4.30. The third kappa shape index (κ3) is 13.0. The van der Waals surface area contributed by atoms with E-state index in [-0.39, 0.29) is 12.4 Å². The zero-order valence-electron chi connectivity index (χ0n) is 6.97. The lowest BCUT2D eigenvalue weighted by molar-refractivity contribution is 0.692. The Hall–Kier alpha value is 0.330. The van der Waals surface area contributed by atoms with E-state index < -0.39 is 0 Å². The van der Waals surface area contributed by atoms with Gasteiger partial charge in [-0.25, -0.2) is 9.98 Å². The Morgan fingerprint density at radius 1 is 1.33 bits per heavy atom. The lowest BCUT2D eigenvalue weighted by Gasteiger charge is -2.02. The van der Waals surface area contributed by atoms with Crippen molar-refractivity contribution in [1.29, 1.82) is 0 Å². The molecular weight excluding hydrogens is 214 g/mol. The predicted molar refractivity (Wildman–Crippen MR) is 61.8 cm³/mol. The van der Waals surface area contributed by atoms with Crippen LogP contribution in [0, 0.1) is 0 Å². The molecule has 72 valence electrons. The van der Waals surface area contributed by atoms with E-state index in [4.69, 9.17) is 0 Å². The summed E-state index contributed by atoms with van der Waals surface area (Å²) >= 11 is 7.91. The third-order valence-corrected chi connectivity index (χ3v) is 1.33. The summed E-state index contributed by atoms with van der Waals surface area (Å²) in [5, 5.41) is 0. The first-order valence-electron chi connectivity index (χ1n) is 3.50. The van der Waals surface area contributed by atoms with E-state index in [0.29, 0.717) is 0 Å². The number of thiol groups is 2. The van der Waals surface area contributed by atoms with Crippen LogP contribution >= 0.6 is 38.0 Å². The Balaban J connectivity index is 0. The van der Waals surface area contributed by atoms with Gasteiger partial charge in [0.05, 0.1) is 12.6 Å². The smallest absolute Gasteiger partial charge is 0.0892 e. The van der Waals surface area contributed by atoms with Crippen molar-refractivity contribution in [2.45, 2.75) is 13.3 Å². The molecule has 0 aliphatic heterocycles. The summed E-state index contributed by atoms with van der Waals surface area (Å²) in [6.07, 6.45) is 0.930. The molecule has 0 aromatic heterocycles. The monoisotopic (exact) mass is 227 g/mol. The number of halogens is 1. The summed E-state index contributed by atoms with van der Waals surface area (Å²) in [7, 11) is 0. The van der Waals surface area contributed by atoms with Crippen LogP contribution in [0.15, 0.2) is 9.98 Å². The molecule has 3 nitrogen and oxygen atoms in total. The molecule has 12 heavy (non-hydrogen) atoms. The molecule has 0 radical (unpaired) electrons. The second-order valence-electron chi connectivity index (χ2n) is 1.91. The molecule has 0 atom stereocenters. The Bertz CT molecular complexity index is 146. The Morgan fingerprint density at radius 2 is 2.00 bits per heavy atom. The Kier molecular flexibility index (Phi) is 14.0. The zero-order valence-corrected chi connectivity index (χ0v) is 9.58. The van der Waals surface area contributed by atoms with Crippen LogP contribution in [0.3, 0.4) is 0 Å². The van der Waals surface area contributed by atoms with Crippen LogP contribution in [0.25, 0.3) is 0 Å². The van der Waals surface area contributed by atoms with Crippen molar-refractivity contribution in [1.82, 2.24) is 3.71 Å². The number of hydrogen-bond acceptors (Lipinski definition) is 5. The molecule has 0 rings (SSSR count). The summed E-state index contributed by atoms with van der Waals surface area (Å²) in [5.74, 6) is 0. The molecule has 0 fully saturated rings. The van der Waals surface area contributed by atoms with Gasteiger partial charge in [0, 0.05) is 13.1 Å². The number of hydrogen-bond donors (Lipinski definition) is 2. The van der Waals surface area contributed by atoms with Gasteiger partial charge in [-0.1, -0.05) is 25.6 Å². The molecule has 0 aliphatic carbocycles. The number of aliphatic imine (C=N–C) groups is 2. The molecule has 0 aromatic carbocycles. The maximum Gasteiger partial charge on any atom is 0.0892 e. The quantitative estimate of drug-likeness (QED) is 0.420. The summed E-state index contributed by atoms with van der Waals surface area (Å²) in [6, 6.07) is 2.59. The van der Waals surface area contributed by atoms with Crippen molar-refractivity contribution in [3.8, 4) is 0 Å². The minimum absolute atomic E-state index is 0. The number of nitrogens with zero attached hydrogens (tertiary/aromatic N) is 3. The van der Waals surface area contributed by atoms with Crippen molar-refractivity contribution < 1.29 is 0 Å². The molecule has 0 heterocycles. The highest BCUT2D eigenvalue weighted by Crippen LogP contribution is 1.97. The SMILES string of the molecule is CCN=C=NCCCN(S)S.Cl. The van der Waals surface area contributed by atoms with Crippen LogP contribution in [0.1, 0.15) is 13.3 Å². The lowest BCUT2D eigenvalue weighted by Crippen LogP contribution is -2.01. The van der Waals surface area contributed by atoms with E-state index in [1.54, 1.807) is 0 Å². The maximum absolute atomic E-state index is 3.95. The first kappa shape index (κ1) is 14.8.